The molecule has 1 heterocycles. The number of ketones is 1. The van der Waals surface area contributed by atoms with Gasteiger partial charge in [0.25, 0.3) is 0 Å². The number of rotatable bonds is 7. The number of Topliss-reactive ketones (excluding diaryl/α,β-unsaturated/α-hetero) is 1. The first kappa shape index (κ1) is 25.2. The van der Waals surface area contributed by atoms with E-state index in [1.165, 1.54) is 38.5 Å². The summed E-state index contributed by atoms with van der Waals surface area (Å²) in [7, 11) is 2.51. The first-order chi connectivity index (χ1) is 16.6. The first-order valence-corrected chi connectivity index (χ1v) is 10.4. The van der Waals surface area contributed by atoms with E-state index in [2.05, 4.69) is 0 Å². The van der Waals surface area contributed by atoms with Crippen molar-refractivity contribution in [3.63, 3.8) is 0 Å². The predicted molar refractivity (Wildman–Crippen MR) is 126 cm³/mol. The lowest BCUT2D eigenvalue weighted by Gasteiger charge is -2.28. The molecule has 0 aromatic heterocycles. The van der Waals surface area contributed by atoms with Gasteiger partial charge in [0, 0.05) is 36.4 Å². The molecule has 1 fully saturated rings. The summed E-state index contributed by atoms with van der Waals surface area (Å²) in [6, 6.07) is 5.04. The molecule has 1 aliphatic rings. The lowest BCUT2D eigenvalue weighted by molar-refractivity contribution is -0.386. The van der Waals surface area contributed by atoms with Gasteiger partial charge < -0.3 is 19.7 Å². The topological polar surface area (TPSA) is 166 Å². The van der Waals surface area contributed by atoms with Crippen molar-refractivity contribution in [2.45, 2.75) is 6.92 Å². The van der Waals surface area contributed by atoms with Crippen LogP contribution in [0.4, 0.5) is 11.4 Å². The number of carbonyl (C=O) groups excluding carboxylic acids is 1. The minimum atomic E-state index is -0.753. The Balaban J connectivity index is 2.09. The Labute approximate surface area is 199 Å². The summed E-state index contributed by atoms with van der Waals surface area (Å²) >= 11 is 0. The standard InChI is InChI=1S/C23H23N3O9/c1-4-24-11-15(5-13-7-17(25(30)31)22(28)19(9-13)34-2)21(27)16(12-24)6-14-8-18(26(32)33)23(29)20(10-14)35-3/h5-10,28-29H,4,11-12H2,1-3H3/b15-5-,16-6+. The Morgan fingerprint density at radius 1 is 0.886 bits per heavy atom. The van der Waals surface area contributed by atoms with Crippen LogP contribution >= 0.6 is 0 Å². The number of carbonyl (C=O) groups is 1. The Morgan fingerprint density at radius 3 is 1.60 bits per heavy atom. The van der Waals surface area contributed by atoms with Gasteiger partial charge in [-0.3, -0.25) is 29.9 Å². The molecule has 3 rings (SSSR count). The van der Waals surface area contributed by atoms with Crippen molar-refractivity contribution in [1.29, 1.82) is 0 Å². The zero-order chi connectivity index (χ0) is 25.9. The molecule has 12 nitrogen and oxygen atoms in total. The highest BCUT2D eigenvalue weighted by Gasteiger charge is 2.27. The van der Waals surface area contributed by atoms with E-state index in [0.717, 1.165) is 12.1 Å². The number of nitrogens with zero attached hydrogens (tertiary/aromatic N) is 3. The molecule has 1 aliphatic heterocycles. The van der Waals surface area contributed by atoms with Crippen molar-refractivity contribution in [3.8, 4) is 23.0 Å². The Hall–Kier alpha value is -4.45. The maximum absolute atomic E-state index is 13.3. The molecule has 0 aliphatic carbocycles. The molecule has 2 N–H and O–H groups in total. The lowest BCUT2D eigenvalue weighted by atomic mass is 9.94. The van der Waals surface area contributed by atoms with E-state index in [-0.39, 0.29) is 41.5 Å². The summed E-state index contributed by atoms with van der Waals surface area (Å²) in [5, 5.41) is 42.6. The first-order valence-electron chi connectivity index (χ1n) is 10.4. The van der Waals surface area contributed by atoms with Crippen molar-refractivity contribution in [1.82, 2.24) is 4.90 Å². The fraction of sp³-hybridized carbons (Fsp3) is 0.261. The van der Waals surface area contributed by atoms with Crippen LogP contribution in [0.15, 0.2) is 35.4 Å². The van der Waals surface area contributed by atoms with E-state index in [1.54, 1.807) is 0 Å². The Bertz CT molecular complexity index is 1170. The van der Waals surface area contributed by atoms with Gasteiger partial charge in [0.2, 0.25) is 11.5 Å². The summed E-state index contributed by atoms with van der Waals surface area (Å²) in [4.78, 5) is 36.3. The molecule has 0 spiro atoms. The van der Waals surface area contributed by atoms with E-state index < -0.39 is 32.7 Å². The van der Waals surface area contributed by atoms with Crippen molar-refractivity contribution in [2.75, 3.05) is 33.9 Å². The van der Waals surface area contributed by atoms with Gasteiger partial charge in [0.1, 0.15) is 0 Å². The van der Waals surface area contributed by atoms with Gasteiger partial charge in [-0.05, 0) is 42.0 Å². The number of phenolic OH excluding ortho intramolecular Hbond substituents is 2. The number of hydrogen-bond donors (Lipinski definition) is 2. The number of benzene rings is 2. The minimum Gasteiger partial charge on any atom is -0.500 e. The van der Waals surface area contributed by atoms with Gasteiger partial charge in [-0.15, -0.1) is 0 Å². The van der Waals surface area contributed by atoms with E-state index in [1.807, 2.05) is 11.8 Å². The van der Waals surface area contributed by atoms with Gasteiger partial charge >= 0.3 is 11.4 Å². The molecular formula is C23H23N3O9. The second-order valence-electron chi connectivity index (χ2n) is 7.67. The largest absolute Gasteiger partial charge is 0.500 e. The summed E-state index contributed by atoms with van der Waals surface area (Å²) in [6.45, 7) is 3.01. The molecule has 184 valence electrons. The van der Waals surface area contributed by atoms with E-state index >= 15 is 0 Å². The number of nitro groups is 2. The summed E-state index contributed by atoms with van der Waals surface area (Å²) in [6.07, 6.45) is 2.96. The van der Waals surface area contributed by atoms with Crippen molar-refractivity contribution in [2.24, 2.45) is 0 Å². The highest BCUT2D eigenvalue weighted by atomic mass is 16.6. The average molecular weight is 485 g/mol. The third kappa shape index (κ3) is 5.22. The molecule has 0 unspecified atom stereocenters. The van der Waals surface area contributed by atoms with E-state index in [0.29, 0.717) is 17.7 Å². The fourth-order valence-electron chi connectivity index (χ4n) is 3.72. The van der Waals surface area contributed by atoms with Crippen LogP contribution < -0.4 is 9.47 Å². The molecule has 0 bridgehead atoms. The van der Waals surface area contributed by atoms with E-state index in [9.17, 15) is 35.2 Å². The van der Waals surface area contributed by atoms with Crippen molar-refractivity contribution < 1.29 is 34.3 Å². The zero-order valence-corrected chi connectivity index (χ0v) is 19.2. The molecule has 2 aromatic rings. The third-order valence-corrected chi connectivity index (χ3v) is 5.49. The number of likely N-dealkylation sites (tertiary alicyclic amines) is 1. The second kappa shape index (κ2) is 10.2. The van der Waals surface area contributed by atoms with Gasteiger partial charge in [-0.2, -0.15) is 0 Å². The zero-order valence-electron chi connectivity index (χ0n) is 19.2. The molecule has 12 heteroatoms. The normalized spacial score (nSPS) is 16.5. The van der Waals surface area contributed by atoms with Crippen LogP contribution in [0.1, 0.15) is 18.1 Å². The quantitative estimate of drug-likeness (QED) is 0.337. The van der Waals surface area contributed by atoms with Gasteiger partial charge in [-0.1, -0.05) is 6.92 Å². The molecule has 0 saturated carbocycles. The van der Waals surface area contributed by atoms with Gasteiger partial charge in [0.05, 0.1) is 24.1 Å². The monoisotopic (exact) mass is 485 g/mol. The Kier molecular flexibility index (Phi) is 7.35. The number of nitro benzene ring substituents is 2. The van der Waals surface area contributed by atoms with Crippen LogP contribution in [-0.4, -0.2) is 64.6 Å². The number of hydrogen-bond acceptors (Lipinski definition) is 10. The maximum atomic E-state index is 13.3. The van der Waals surface area contributed by atoms with Gasteiger partial charge in [-0.25, -0.2) is 0 Å². The van der Waals surface area contributed by atoms with Crippen LogP contribution in [0.5, 0.6) is 23.0 Å². The van der Waals surface area contributed by atoms with Crippen LogP contribution in [0.2, 0.25) is 0 Å². The number of methoxy groups -OCH3 is 2. The molecule has 0 radical (unpaired) electrons. The molecular weight excluding hydrogens is 462 g/mol. The average Bonchev–Trinajstić information content (AvgIpc) is 2.82. The van der Waals surface area contributed by atoms with Gasteiger partial charge in [0.15, 0.2) is 17.3 Å². The Morgan fingerprint density at radius 2 is 1.29 bits per heavy atom. The number of ether oxygens (including phenoxy) is 2. The SMILES string of the molecule is CCN1C/C(=C/c2cc(OC)c(O)c([N+](=O)[O-])c2)C(=O)/C(=C/c2cc(OC)c(O)c([N+](=O)[O-])c2)C1. The summed E-state index contributed by atoms with van der Waals surface area (Å²) < 4.78 is 10.0. The summed E-state index contributed by atoms with van der Waals surface area (Å²) in [5.74, 6) is -1.80. The third-order valence-electron chi connectivity index (χ3n) is 5.49. The highest BCUT2D eigenvalue weighted by Crippen LogP contribution is 2.39. The second-order valence-corrected chi connectivity index (χ2v) is 7.67. The molecule has 2 aromatic carbocycles. The lowest BCUT2D eigenvalue weighted by Crippen LogP contribution is -2.37. The number of phenols is 2. The molecule has 0 amide bonds. The minimum absolute atomic E-state index is 0.110. The predicted octanol–water partition coefficient (Wildman–Crippen LogP) is 3.30. The maximum Gasteiger partial charge on any atom is 0.315 e. The fourth-order valence-corrected chi connectivity index (χ4v) is 3.72. The number of aromatic hydroxyl groups is 2. The van der Waals surface area contributed by atoms with Crippen molar-refractivity contribution >= 4 is 29.3 Å². The molecule has 0 atom stereocenters. The molecule has 1 saturated heterocycles. The number of piperidine rings is 1. The van der Waals surface area contributed by atoms with Crippen LogP contribution in [-0.2, 0) is 4.79 Å². The van der Waals surface area contributed by atoms with Crippen molar-refractivity contribution in [3.05, 3.63) is 66.8 Å². The van der Waals surface area contributed by atoms with Crippen LogP contribution in [0.25, 0.3) is 12.2 Å². The van der Waals surface area contributed by atoms with Crippen LogP contribution in [0, 0.1) is 20.2 Å². The van der Waals surface area contributed by atoms with Crippen LogP contribution in [0.3, 0.4) is 0 Å². The van der Waals surface area contributed by atoms with E-state index in [4.69, 9.17) is 9.47 Å². The molecule has 35 heavy (non-hydrogen) atoms. The highest BCUT2D eigenvalue weighted by molar-refractivity contribution is 6.14. The smallest absolute Gasteiger partial charge is 0.315 e. The number of likely N-dealkylation sites (N-methyl/N-ethyl adjacent to an activating group) is 1. The summed E-state index contributed by atoms with van der Waals surface area (Å²) in [5.41, 5.74) is 0.0956.